The molecule has 1 saturated heterocycles. The minimum absolute atomic E-state index is 0.370. The maximum atomic E-state index is 5.25. The Morgan fingerprint density at radius 1 is 1.38 bits per heavy atom. The molecule has 16 heavy (non-hydrogen) atoms. The molecule has 1 atom stereocenters. The summed E-state index contributed by atoms with van der Waals surface area (Å²) in [5.74, 6) is 1.49. The van der Waals surface area contributed by atoms with E-state index in [1.165, 1.54) is 19.3 Å². The van der Waals surface area contributed by atoms with Gasteiger partial charge < -0.3 is 14.7 Å². The van der Waals surface area contributed by atoms with Gasteiger partial charge in [0.15, 0.2) is 0 Å². The lowest BCUT2D eigenvalue weighted by Gasteiger charge is -2.24. The second-order valence-corrected chi connectivity index (χ2v) is 4.43. The summed E-state index contributed by atoms with van der Waals surface area (Å²) in [6.07, 6.45) is 4.57. The van der Waals surface area contributed by atoms with E-state index in [9.17, 15) is 0 Å². The van der Waals surface area contributed by atoms with Gasteiger partial charge in [0.25, 0.3) is 5.95 Å². The van der Waals surface area contributed by atoms with Gasteiger partial charge in [0.1, 0.15) is 0 Å². The first-order chi connectivity index (χ1) is 7.79. The van der Waals surface area contributed by atoms with Crippen LogP contribution >= 0.6 is 0 Å². The number of nitrogens with zero attached hydrogens (tertiary/aromatic N) is 3. The average Bonchev–Trinajstić information content (AvgIpc) is 2.78. The van der Waals surface area contributed by atoms with Crippen LogP contribution in [0.5, 0.6) is 0 Å². The Kier molecular flexibility index (Phi) is 3.77. The summed E-state index contributed by atoms with van der Waals surface area (Å²) >= 11 is 0. The Morgan fingerprint density at radius 2 is 2.12 bits per heavy atom. The predicted octanol–water partition coefficient (Wildman–Crippen LogP) is 1.21. The van der Waals surface area contributed by atoms with Gasteiger partial charge in [-0.2, -0.15) is 4.98 Å². The first-order valence-electron chi connectivity index (χ1n) is 6.04. The van der Waals surface area contributed by atoms with Crippen molar-refractivity contribution in [3.63, 3.8) is 0 Å². The van der Waals surface area contributed by atoms with Crippen molar-refractivity contribution in [2.45, 2.75) is 38.6 Å². The van der Waals surface area contributed by atoms with Crippen LogP contribution in [0.2, 0.25) is 0 Å². The van der Waals surface area contributed by atoms with Gasteiger partial charge in [-0.25, -0.2) is 0 Å². The van der Waals surface area contributed by atoms with E-state index in [4.69, 9.17) is 4.52 Å². The lowest BCUT2D eigenvalue weighted by Crippen LogP contribution is -2.30. The quantitative estimate of drug-likeness (QED) is 0.833. The van der Waals surface area contributed by atoms with Crippen molar-refractivity contribution < 1.29 is 4.52 Å². The third-order valence-corrected chi connectivity index (χ3v) is 3.07. The summed E-state index contributed by atoms with van der Waals surface area (Å²) < 4.78 is 5.25. The SMILES string of the molecule is CNC(C)Cc1nc(N2CCCCC2)no1. The molecule has 1 N–H and O–H groups in total. The number of anilines is 1. The summed E-state index contributed by atoms with van der Waals surface area (Å²) in [6, 6.07) is 0.370. The highest BCUT2D eigenvalue weighted by atomic mass is 16.5. The van der Waals surface area contributed by atoms with E-state index in [1.54, 1.807) is 0 Å². The average molecular weight is 224 g/mol. The van der Waals surface area contributed by atoms with E-state index in [-0.39, 0.29) is 0 Å². The van der Waals surface area contributed by atoms with Gasteiger partial charge >= 0.3 is 0 Å². The van der Waals surface area contributed by atoms with Gasteiger partial charge in [0, 0.05) is 25.6 Å². The second-order valence-electron chi connectivity index (χ2n) is 4.43. The largest absolute Gasteiger partial charge is 0.338 e. The fraction of sp³-hybridized carbons (Fsp3) is 0.818. The molecule has 0 bridgehead atoms. The number of rotatable bonds is 4. The molecule has 1 aromatic heterocycles. The Hall–Kier alpha value is -1.10. The summed E-state index contributed by atoms with van der Waals surface area (Å²) in [5, 5.41) is 7.20. The van der Waals surface area contributed by atoms with Gasteiger partial charge in [0.05, 0.1) is 0 Å². The minimum Gasteiger partial charge on any atom is -0.338 e. The molecule has 2 heterocycles. The van der Waals surface area contributed by atoms with Gasteiger partial charge in [-0.1, -0.05) is 0 Å². The highest BCUT2D eigenvalue weighted by Crippen LogP contribution is 2.16. The van der Waals surface area contributed by atoms with E-state index in [0.29, 0.717) is 6.04 Å². The molecule has 0 amide bonds. The zero-order chi connectivity index (χ0) is 11.4. The summed E-state index contributed by atoms with van der Waals surface area (Å²) in [7, 11) is 1.94. The summed E-state index contributed by atoms with van der Waals surface area (Å²) in [5.41, 5.74) is 0. The van der Waals surface area contributed by atoms with Crippen molar-refractivity contribution in [1.82, 2.24) is 15.5 Å². The number of likely N-dealkylation sites (N-methyl/N-ethyl adjacent to an activating group) is 1. The molecule has 90 valence electrons. The lowest BCUT2D eigenvalue weighted by molar-refractivity contribution is 0.363. The van der Waals surface area contributed by atoms with Crippen LogP contribution in [0.3, 0.4) is 0 Å². The van der Waals surface area contributed by atoms with Crippen LogP contribution < -0.4 is 10.2 Å². The van der Waals surface area contributed by atoms with Crippen LogP contribution in [0.25, 0.3) is 0 Å². The molecule has 0 aromatic carbocycles. The third kappa shape index (κ3) is 2.72. The van der Waals surface area contributed by atoms with E-state index < -0.39 is 0 Å². The standard InChI is InChI=1S/C11H20N4O/c1-9(12-2)8-10-13-11(14-16-10)15-6-4-3-5-7-15/h9,12H,3-8H2,1-2H3. The third-order valence-electron chi connectivity index (χ3n) is 3.07. The highest BCUT2D eigenvalue weighted by molar-refractivity contribution is 5.28. The number of hydrogen-bond donors (Lipinski definition) is 1. The van der Waals surface area contributed by atoms with Crippen molar-refractivity contribution in [1.29, 1.82) is 0 Å². The molecule has 2 rings (SSSR count). The predicted molar refractivity (Wildman–Crippen MR) is 62.6 cm³/mol. The molecular weight excluding hydrogens is 204 g/mol. The minimum atomic E-state index is 0.370. The molecule has 5 nitrogen and oxygen atoms in total. The molecule has 5 heteroatoms. The molecule has 1 aliphatic rings. The Bertz CT molecular complexity index is 320. The van der Waals surface area contributed by atoms with Crippen LogP contribution in [0.1, 0.15) is 32.1 Å². The van der Waals surface area contributed by atoms with Crippen molar-refractivity contribution in [3.05, 3.63) is 5.89 Å². The van der Waals surface area contributed by atoms with E-state index >= 15 is 0 Å². The van der Waals surface area contributed by atoms with E-state index in [1.807, 2.05) is 7.05 Å². The molecule has 1 aliphatic heterocycles. The molecule has 0 saturated carbocycles. The molecule has 0 spiro atoms. The molecule has 0 aliphatic carbocycles. The van der Waals surface area contributed by atoms with Crippen LogP contribution in [0.15, 0.2) is 4.52 Å². The Labute approximate surface area is 96.2 Å². The van der Waals surface area contributed by atoms with E-state index in [0.717, 1.165) is 31.3 Å². The van der Waals surface area contributed by atoms with Crippen molar-refractivity contribution in [3.8, 4) is 0 Å². The topological polar surface area (TPSA) is 54.2 Å². The van der Waals surface area contributed by atoms with Gasteiger partial charge in [-0.15, -0.1) is 0 Å². The first kappa shape index (κ1) is 11.4. The maximum Gasteiger partial charge on any atom is 0.266 e. The lowest BCUT2D eigenvalue weighted by atomic mass is 10.1. The molecule has 1 fully saturated rings. The molecule has 1 unspecified atom stereocenters. The normalized spacial score (nSPS) is 18.8. The van der Waals surface area contributed by atoms with Crippen molar-refractivity contribution in [2.24, 2.45) is 0 Å². The van der Waals surface area contributed by atoms with Gasteiger partial charge in [0.2, 0.25) is 5.89 Å². The Morgan fingerprint density at radius 3 is 2.81 bits per heavy atom. The van der Waals surface area contributed by atoms with Crippen LogP contribution in [-0.4, -0.2) is 36.3 Å². The maximum absolute atomic E-state index is 5.25. The fourth-order valence-electron chi connectivity index (χ4n) is 1.92. The van der Waals surface area contributed by atoms with Crippen molar-refractivity contribution in [2.75, 3.05) is 25.0 Å². The summed E-state index contributed by atoms with van der Waals surface area (Å²) in [6.45, 7) is 4.21. The second kappa shape index (κ2) is 5.30. The zero-order valence-electron chi connectivity index (χ0n) is 10.1. The number of nitrogens with one attached hydrogen (secondary N) is 1. The van der Waals surface area contributed by atoms with Crippen LogP contribution in [0, 0.1) is 0 Å². The van der Waals surface area contributed by atoms with Crippen molar-refractivity contribution >= 4 is 5.95 Å². The summed E-state index contributed by atoms with van der Waals surface area (Å²) in [4.78, 5) is 6.64. The zero-order valence-corrected chi connectivity index (χ0v) is 10.1. The molecule has 1 aromatic rings. The van der Waals surface area contributed by atoms with Gasteiger partial charge in [-0.3, -0.25) is 0 Å². The molecule has 0 radical (unpaired) electrons. The number of aromatic nitrogens is 2. The number of hydrogen-bond acceptors (Lipinski definition) is 5. The molecular formula is C11H20N4O. The highest BCUT2D eigenvalue weighted by Gasteiger charge is 2.17. The van der Waals surface area contributed by atoms with E-state index in [2.05, 4.69) is 27.3 Å². The van der Waals surface area contributed by atoms with Gasteiger partial charge in [-0.05, 0) is 38.4 Å². The van der Waals surface area contributed by atoms with Crippen LogP contribution in [-0.2, 0) is 6.42 Å². The first-order valence-corrected chi connectivity index (χ1v) is 6.04. The number of piperidine rings is 1. The fourth-order valence-corrected chi connectivity index (χ4v) is 1.92. The monoisotopic (exact) mass is 224 g/mol. The smallest absolute Gasteiger partial charge is 0.266 e. The Balaban J connectivity index is 1.95. The van der Waals surface area contributed by atoms with Crippen LogP contribution in [0.4, 0.5) is 5.95 Å².